The summed E-state index contributed by atoms with van der Waals surface area (Å²) in [4.78, 5) is 10.2. The van der Waals surface area contributed by atoms with E-state index in [-0.39, 0.29) is 24.4 Å². The van der Waals surface area contributed by atoms with Crippen molar-refractivity contribution in [2.75, 3.05) is 13.2 Å². The van der Waals surface area contributed by atoms with Crippen molar-refractivity contribution in [3.8, 4) is 0 Å². The van der Waals surface area contributed by atoms with Crippen molar-refractivity contribution in [1.29, 1.82) is 0 Å². The summed E-state index contributed by atoms with van der Waals surface area (Å²) in [5.41, 5.74) is -0.154. The summed E-state index contributed by atoms with van der Waals surface area (Å²) >= 11 is 0. The summed E-state index contributed by atoms with van der Waals surface area (Å²) in [6.07, 6.45) is 0.295. The number of hydrogen-bond acceptors (Lipinski definition) is 5. The van der Waals surface area contributed by atoms with Crippen molar-refractivity contribution >= 4 is 6.47 Å². The first-order chi connectivity index (χ1) is 7.93. The van der Waals surface area contributed by atoms with E-state index in [2.05, 4.69) is 4.74 Å². The molecule has 17 heavy (non-hydrogen) atoms. The molecular formula is C12H22O5. The van der Waals surface area contributed by atoms with E-state index in [9.17, 15) is 4.79 Å². The third-order valence-electron chi connectivity index (χ3n) is 2.45. The Labute approximate surface area is 102 Å². The van der Waals surface area contributed by atoms with E-state index in [1.54, 1.807) is 0 Å². The van der Waals surface area contributed by atoms with Gasteiger partial charge >= 0.3 is 0 Å². The van der Waals surface area contributed by atoms with Crippen LogP contribution in [0.1, 0.15) is 34.1 Å². The molecule has 1 rings (SSSR count). The highest BCUT2D eigenvalue weighted by molar-refractivity contribution is 5.36. The van der Waals surface area contributed by atoms with Crippen LogP contribution in [0.5, 0.6) is 0 Å². The van der Waals surface area contributed by atoms with Crippen LogP contribution in [0, 0.1) is 0 Å². The topological polar surface area (TPSA) is 54.0 Å². The van der Waals surface area contributed by atoms with Crippen LogP contribution >= 0.6 is 0 Å². The molecule has 2 atom stereocenters. The van der Waals surface area contributed by atoms with Crippen molar-refractivity contribution in [3.63, 3.8) is 0 Å². The first kappa shape index (κ1) is 14.4. The van der Waals surface area contributed by atoms with Crippen LogP contribution in [0.4, 0.5) is 0 Å². The first-order valence-electron chi connectivity index (χ1n) is 5.93. The smallest absolute Gasteiger partial charge is 0.293 e. The molecule has 0 aliphatic carbocycles. The van der Waals surface area contributed by atoms with Gasteiger partial charge < -0.3 is 18.9 Å². The maximum Gasteiger partial charge on any atom is 0.293 e. The van der Waals surface area contributed by atoms with E-state index in [0.717, 1.165) is 6.42 Å². The molecule has 1 saturated heterocycles. The number of ether oxygens (including phenoxy) is 4. The van der Waals surface area contributed by atoms with Gasteiger partial charge in [-0.25, -0.2) is 0 Å². The van der Waals surface area contributed by atoms with Gasteiger partial charge in [0, 0.05) is 6.42 Å². The van der Waals surface area contributed by atoms with Gasteiger partial charge in [0.2, 0.25) is 0 Å². The fourth-order valence-electron chi connectivity index (χ4n) is 1.82. The molecular weight excluding hydrogens is 224 g/mol. The minimum absolute atomic E-state index is 0.0102. The van der Waals surface area contributed by atoms with Crippen LogP contribution in [0.25, 0.3) is 0 Å². The van der Waals surface area contributed by atoms with Crippen LogP contribution < -0.4 is 0 Å². The van der Waals surface area contributed by atoms with Gasteiger partial charge in [0.1, 0.15) is 6.61 Å². The SMILES string of the molecule is CC(C)OC(COC=O)OC1COC(C)(C)C1. The van der Waals surface area contributed by atoms with Gasteiger partial charge in [-0.15, -0.1) is 0 Å². The van der Waals surface area contributed by atoms with Crippen molar-refractivity contribution in [2.45, 2.75) is 58.2 Å². The van der Waals surface area contributed by atoms with Gasteiger partial charge in [-0.1, -0.05) is 0 Å². The van der Waals surface area contributed by atoms with E-state index >= 15 is 0 Å². The second kappa shape index (κ2) is 6.33. The average molecular weight is 246 g/mol. The first-order valence-corrected chi connectivity index (χ1v) is 5.93. The fraction of sp³-hybridized carbons (Fsp3) is 0.917. The van der Waals surface area contributed by atoms with Crippen molar-refractivity contribution in [2.24, 2.45) is 0 Å². The predicted octanol–water partition coefficient (Wildman–Crippen LogP) is 1.49. The molecule has 0 bridgehead atoms. The lowest BCUT2D eigenvalue weighted by Crippen LogP contribution is -2.31. The second-order valence-electron chi connectivity index (χ2n) is 5.08. The second-order valence-corrected chi connectivity index (χ2v) is 5.08. The summed E-state index contributed by atoms with van der Waals surface area (Å²) in [7, 11) is 0. The molecule has 0 spiro atoms. The highest BCUT2D eigenvalue weighted by Crippen LogP contribution is 2.27. The molecule has 5 nitrogen and oxygen atoms in total. The molecule has 100 valence electrons. The molecule has 0 aromatic rings. The molecule has 0 saturated carbocycles. The number of carbonyl (C=O) groups is 1. The van der Waals surface area contributed by atoms with E-state index in [1.165, 1.54) is 0 Å². The zero-order valence-corrected chi connectivity index (χ0v) is 11.0. The van der Waals surface area contributed by atoms with Crippen molar-refractivity contribution < 1.29 is 23.7 Å². The third kappa shape index (κ3) is 5.48. The van der Waals surface area contributed by atoms with Gasteiger partial charge in [-0.2, -0.15) is 0 Å². The summed E-state index contributed by atoms with van der Waals surface area (Å²) in [5.74, 6) is 0. The number of hydrogen-bond donors (Lipinski definition) is 0. The minimum atomic E-state index is -0.525. The lowest BCUT2D eigenvalue weighted by Gasteiger charge is -2.23. The van der Waals surface area contributed by atoms with Gasteiger partial charge in [-0.3, -0.25) is 4.79 Å². The van der Waals surface area contributed by atoms with Crippen molar-refractivity contribution in [3.05, 3.63) is 0 Å². The van der Waals surface area contributed by atoms with Gasteiger partial charge in [0.25, 0.3) is 6.47 Å². The highest BCUT2D eigenvalue weighted by atomic mass is 16.7. The van der Waals surface area contributed by atoms with Crippen LogP contribution in [0.3, 0.4) is 0 Å². The van der Waals surface area contributed by atoms with Gasteiger partial charge in [0.15, 0.2) is 6.29 Å². The summed E-state index contributed by atoms with van der Waals surface area (Å²) < 4.78 is 21.5. The zero-order valence-electron chi connectivity index (χ0n) is 11.0. The predicted molar refractivity (Wildman–Crippen MR) is 61.5 cm³/mol. The third-order valence-corrected chi connectivity index (χ3v) is 2.45. The normalized spacial score (nSPS) is 24.9. The molecule has 5 heteroatoms. The monoisotopic (exact) mass is 246 g/mol. The highest BCUT2D eigenvalue weighted by Gasteiger charge is 2.34. The maximum absolute atomic E-state index is 10.2. The van der Waals surface area contributed by atoms with Crippen LogP contribution in [0.15, 0.2) is 0 Å². The Bertz CT molecular complexity index is 239. The Kier molecular flexibility index (Phi) is 5.36. The molecule has 1 heterocycles. The lowest BCUT2D eigenvalue weighted by atomic mass is 10.1. The summed E-state index contributed by atoms with van der Waals surface area (Å²) in [5, 5.41) is 0. The molecule has 2 unspecified atom stereocenters. The van der Waals surface area contributed by atoms with Crippen LogP contribution in [-0.2, 0) is 23.7 Å². The average Bonchev–Trinajstić information content (AvgIpc) is 2.53. The van der Waals surface area contributed by atoms with E-state index < -0.39 is 6.29 Å². The largest absolute Gasteiger partial charge is 0.462 e. The Balaban J connectivity index is 2.39. The number of rotatable bonds is 7. The Morgan fingerprint density at radius 3 is 2.65 bits per heavy atom. The van der Waals surface area contributed by atoms with Crippen LogP contribution in [0.2, 0.25) is 0 Å². The van der Waals surface area contributed by atoms with E-state index in [4.69, 9.17) is 14.2 Å². The molecule has 1 aliphatic heterocycles. The van der Waals surface area contributed by atoms with Crippen molar-refractivity contribution in [1.82, 2.24) is 0 Å². The maximum atomic E-state index is 10.2. The fourth-order valence-corrected chi connectivity index (χ4v) is 1.82. The molecule has 0 amide bonds. The van der Waals surface area contributed by atoms with Gasteiger partial charge in [-0.05, 0) is 27.7 Å². The Morgan fingerprint density at radius 2 is 2.18 bits per heavy atom. The molecule has 0 aromatic carbocycles. The van der Waals surface area contributed by atoms with E-state index in [0.29, 0.717) is 13.1 Å². The standard InChI is InChI=1S/C12H22O5/c1-9(2)16-11(7-14-8-13)17-10-5-12(3,4)15-6-10/h8-11H,5-7H2,1-4H3. The Morgan fingerprint density at radius 1 is 1.47 bits per heavy atom. The van der Waals surface area contributed by atoms with Crippen LogP contribution in [-0.4, -0.2) is 43.8 Å². The lowest BCUT2D eigenvalue weighted by molar-refractivity contribution is -0.207. The summed E-state index contributed by atoms with van der Waals surface area (Å²) in [6, 6.07) is 0. The Hall–Kier alpha value is -0.650. The molecule has 0 radical (unpaired) electrons. The van der Waals surface area contributed by atoms with Gasteiger partial charge in [0.05, 0.1) is 24.4 Å². The number of carbonyl (C=O) groups excluding carboxylic acids is 1. The van der Waals surface area contributed by atoms with E-state index in [1.807, 2.05) is 27.7 Å². The zero-order chi connectivity index (χ0) is 12.9. The minimum Gasteiger partial charge on any atom is -0.462 e. The molecule has 0 N–H and O–H groups in total. The quantitative estimate of drug-likeness (QED) is 0.503. The molecule has 1 fully saturated rings. The molecule has 1 aliphatic rings. The molecule has 0 aromatic heterocycles. The summed E-state index contributed by atoms with van der Waals surface area (Å²) in [6.45, 7) is 8.92.